The lowest BCUT2D eigenvalue weighted by Crippen LogP contribution is -2.36. The van der Waals surface area contributed by atoms with Crippen LogP contribution in [0.15, 0.2) is 28.7 Å². The Morgan fingerprint density at radius 2 is 1.78 bits per heavy atom. The van der Waals surface area contributed by atoms with Gasteiger partial charge in [0.15, 0.2) is 0 Å². The standard InChI is InChI=1S/C16H24BrN/c1-3-16(4-2,12-18-15-9-10-15)11-13-5-7-14(17)8-6-13/h5-8,15,18H,3-4,9-12H2,1-2H3. The summed E-state index contributed by atoms with van der Waals surface area (Å²) in [6.07, 6.45) is 6.44. The number of nitrogens with one attached hydrogen (secondary N) is 1. The second kappa shape index (κ2) is 6.21. The minimum Gasteiger partial charge on any atom is -0.313 e. The Balaban J connectivity index is 2.00. The average Bonchev–Trinajstić information content (AvgIpc) is 3.21. The largest absolute Gasteiger partial charge is 0.313 e. The molecule has 0 spiro atoms. The van der Waals surface area contributed by atoms with E-state index in [2.05, 4.69) is 59.4 Å². The van der Waals surface area contributed by atoms with Crippen LogP contribution in [0.25, 0.3) is 0 Å². The minimum atomic E-state index is 0.427. The first-order valence-corrected chi connectivity index (χ1v) is 7.94. The van der Waals surface area contributed by atoms with Gasteiger partial charge < -0.3 is 5.32 Å². The Labute approximate surface area is 119 Å². The summed E-state index contributed by atoms with van der Waals surface area (Å²) in [6, 6.07) is 9.62. The van der Waals surface area contributed by atoms with Gasteiger partial charge in [0.2, 0.25) is 0 Å². The third-order valence-electron chi connectivity index (χ3n) is 4.34. The summed E-state index contributed by atoms with van der Waals surface area (Å²) in [7, 11) is 0. The molecule has 1 fully saturated rings. The molecule has 0 aliphatic heterocycles. The fourth-order valence-corrected chi connectivity index (χ4v) is 2.76. The molecule has 1 aromatic carbocycles. The third-order valence-corrected chi connectivity index (χ3v) is 4.86. The van der Waals surface area contributed by atoms with Crippen molar-refractivity contribution in [2.75, 3.05) is 6.54 Å². The lowest BCUT2D eigenvalue weighted by Gasteiger charge is -2.32. The molecule has 0 atom stereocenters. The van der Waals surface area contributed by atoms with Crippen LogP contribution in [-0.4, -0.2) is 12.6 Å². The molecule has 0 radical (unpaired) electrons. The highest BCUT2D eigenvalue weighted by Crippen LogP contribution is 2.32. The average molecular weight is 310 g/mol. The Kier molecular flexibility index (Phi) is 4.85. The van der Waals surface area contributed by atoms with Crippen molar-refractivity contribution in [3.8, 4) is 0 Å². The van der Waals surface area contributed by atoms with Gasteiger partial charge in [-0.2, -0.15) is 0 Å². The van der Waals surface area contributed by atoms with Gasteiger partial charge in [0.25, 0.3) is 0 Å². The summed E-state index contributed by atoms with van der Waals surface area (Å²) in [5, 5.41) is 3.72. The zero-order valence-corrected chi connectivity index (χ0v) is 13.1. The van der Waals surface area contributed by atoms with Gasteiger partial charge in [-0.25, -0.2) is 0 Å². The molecule has 1 N–H and O–H groups in total. The maximum Gasteiger partial charge on any atom is 0.0175 e. The van der Waals surface area contributed by atoms with Crippen molar-refractivity contribution in [2.45, 2.75) is 52.0 Å². The Hall–Kier alpha value is -0.340. The number of benzene rings is 1. The molecule has 0 heterocycles. The van der Waals surface area contributed by atoms with E-state index in [9.17, 15) is 0 Å². The second-order valence-corrected chi connectivity index (χ2v) is 6.58. The topological polar surface area (TPSA) is 12.0 Å². The molecule has 1 saturated carbocycles. The maximum absolute atomic E-state index is 3.72. The van der Waals surface area contributed by atoms with Crippen LogP contribution < -0.4 is 5.32 Å². The molecule has 100 valence electrons. The third kappa shape index (κ3) is 3.83. The van der Waals surface area contributed by atoms with Crippen molar-refractivity contribution in [2.24, 2.45) is 5.41 Å². The number of halogens is 1. The first-order chi connectivity index (χ1) is 8.67. The number of hydrogen-bond donors (Lipinski definition) is 1. The van der Waals surface area contributed by atoms with Crippen molar-refractivity contribution in [3.05, 3.63) is 34.3 Å². The van der Waals surface area contributed by atoms with Gasteiger partial charge in [-0.3, -0.25) is 0 Å². The predicted octanol–water partition coefficient (Wildman–Crippen LogP) is 4.55. The van der Waals surface area contributed by atoms with E-state index in [4.69, 9.17) is 0 Å². The van der Waals surface area contributed by atoms with Gasteiger partial charge in [-0.1, -0.05) is 41.9 Å². The molecular formula is C16H24BrN. The zero-order valence-electron chi connectivity index (χ0n) is 11.5. The first kappa shape index (κ1) is 14.1. The van der Waals surface area contributed by atoms with Crippen LogP contribution in [0.2, 0.25) is 0 Å². The summed E-state index contributed by atoms with van der Waals surface area (Å²) >= 11 is 3.50. The summed E-state index contributed by atoms with van der Waals surface area (Å²) in [5.41, 5.74) is 1.88. The molecule has 1 aliphatic carbocycles. The van der Waals surface area contributed by atoms with Crippen molar-refractivity contribution < 1.29 is 0 Å². The number of rotatable bonds is 7. The minimum absolute atomic E-state index is 0.427. The van der Waals surface area contributed by atoms with Crippen LogP contribution in [0.4, 0.5) is 0 Å². The van der Waals surface area contributed by atoms with E-state index in [-0.39, 0.29) is 0 Å². The van der Waals surface area contributed by atoms with Crippen LogP contribution in [-0.2, 0) is 6.42 Å². The Morgan fingerprint density at radius 1 is 1.17 bits per heavy atom. The summed E-state index contributed by atoms with van der Waals surface area (Å²) < 4.78 is 1.17. The fourth-order valence-electron chi connectivity index (χ4n) is 2.50. The van der Waals surface area contributed by atoms with E-state index in [0.717, 1.165) is 6.04 Å². The molecular weight excluding hydrogens is 286 g/mol. The van der Waals surface area contributed by atoms with E-state index in [0.29, 0.717) is 5.41 Å². The number of hydrogen-bond acceptors (Lipinski definition) is 1. The molecule has 2 heteroatoms. The highest BCUT2D eigenvalue weighted by Gasteiger charge is 2.29. The van der Waals surface area contributed by atoms with E-state index >= 15 is 0 Å². The van der Waals surface area contributed by atoms with E-state index in [1.165, 1.54) is 48.7 Å². The molecule has 0 unspecified atom stereocenters. The summed E-state index contributed by atoms with van der Waals surface area (Å²) in [6.45, 7) is 5.83. The molecule has 0 bridgehead atoms. The highest BCUT2D eigenvalue weighted by molar-refractivity contribution is 9.10. The molecule has 18 heavy (non-hydrogen) atoms. The van der Waals surface area contributed by atoms with E-state index in [1.54, 1.807) is 0 Å². The second-order valence-electron chi connectivity index (χ2n) is 5.67. The quantitative estimate of drug-likeness (QED) is 0.779. The Morgan fingerprint density at radius 3 is 2.28 bits per heavy atom. The molecule has 0 amide bonds. The van der Waals surface area contributed by atoms with Gasteiger partial charge in [0.05, 0.1) is 0 Å². The molecule has 0 saturated heterocycles. The van der Waals surface area contributed by atoms with Gasteiger partial charge in [0.1, 0.15) is 0 Å². The van der Waals surface area contributed by atoms with Crippen LogP contribution >= 0.6 is 15.9 Å². The molecule has 1 aliphatic rings. The van der Waals surface area contributed by atoms with E-state index in [1.807, 2.05) is 0 Å². The van der Waals surface area contributed by atoms with Gasteiger partial charge in [-0.15, -0.1) is 0 Å². The SMILES string of the molecule is CCC(CC)(CNC1CC1)Cc1ccc(Br)cc1. The highest BCUT2D eigenvalue weighted by atomic mass is 79.9. The summed E-state index contributed by atoms with van der Waals surface area (Å²) in [4.78, 5) is 0. The lowest BCUT2D eigenvalue weighted by molar-refractivity contribution is 0.245. The van der Waals surface area contributed by atoms with Crippen LogP contribution in [0.5, 0.6) is 0 Å². The zero-order chi connectivity index (χ0) is 13.0. The van der Waals surface area contributed by atoms with Crippen molar-refractivity contribution in [1.82, 2.24) is 5.32 Å². The van der Waals surface area contributed by atoms with Gasteiger partial charge in [0, 0.05) is 17.1 Å². The summed E-state index contributed by atoms with van der Waals surface area (Å²) in [5.74, 6) is 0. The predicted molar refractivity (Wildman–Crippen MR) is 81.9 cm³/mol. The maximum atomic E-state index is 3.72. The lowest BCUT2D eigenvalue weighted by atomic mass is 9.77. The van der Waals surface area contributed by atoms with Gasteiger partial charge in [-0.05, 0) is 55.2 Å². The normalized spacial score (nSPS) is 15.9. The van der Waals surface area contributed by atoms with Crippen LogP contribution in [0.3, 0.4) is 0 Å². The molecule has 1 aromatic rings. The van der Waals surface area contributed by atoms with Crippen LogP contribution in [0.1, 0.15) is 45.1 Å². The first-order valence-electron chi connectivity index (χ1n) is 7.15. The van der Waals surface area contributed by atoms with Gasteiger partial charge >= 0.3 is 0 Å². The van der Waals surface area contributed by atoms with Crippen molar-refractivity contribution in [3.63, 3.8) is 0 Å². The smallest absolute Gasteiger partial charge is 0.0175 e. The monoisotopic (exact) mass is 309 g/mol. The molecule has 2 rings (SSSR count). The van der Waals surface area contributed by atoms with Crippen LogP contribution in [0, 0.1) is 5.41 Å². The van der Waals surface area contributed by atoms with Crippen molar-refractivity contribution in [1.29, 1.82) is 0 Å². The Bertz CT molecular complexity index is 363. The molecule has 1 nitrogen and oxygen atoms in total. The fraction of sp³-hybridized carbons (Fsp3) is 0.625. The molecule has 0 aromatic heterocycles. The van der Waals surface area contributed by atoms with Crippen molar-refractivity contribution >= 4 is 15.9 Å². The van der Waals surface area contributed by atoms with E-state index < -0.39 is 0 Å².